The second-order valence-electron chi connectivity index (χ2n) is 6.44. The summed E-state index contributed by atoms with van der Waals surface area (Å²) in [6.07, 6.45) is 3.90. The number of hydrogen-bond acceptors (Lipinski definition) is 3. The minimum absolute atomic E-state index is 0. The second-order valence-corrected chi connectivity index (χ2v) is 6.44. The first-order valence-corrected chi connectivity index (χ1v) is 7.04. The number of rotatable bonds is 2. The normalized spacial score (nSPS) is 25.5. The van der Waals surface area contributed by atoms with E-state index in [0.29, 0.717) is 0 Å². The SMILES string of the molecule is COC1(C(=O)N2CCCC(C)(C)C2)CCNCC1.Cl. The summed E-state index contributed by atoms with van der Waals surface area (Å²) in [5, 5.41) is 3.30. The Hall–Kier alpha value is -0.320. The summed E-state index contributed by atoms with van der Waals surface area (Å²) in [6, 6.07) is 0. The van der Waals surface area contributed by atoms with Crippen LogP contribution in [0.4, 0.5) is 0 Å². The molecule has 0 aromatic carbocycles. The standard InChI is InChI=1S/C14H26N2O2.ClH/c1-13(2)5-4-10-16(11-13)12(17)14(18-3)6-8-15-9-7-14;/h15H,4-11H2,1-3H3;1H. The maximum Gasteiger partial charge on any atom is 0.254 e. The van der Waals surface area contributed by atoms with Gasteiger partial charge in [-0.15, -0.1) is 12.4 Å². The molecular weight excluding hydrogens is 264 g/mol. The molecule has 2 rings (SSSR count). The number of amides is 1. The maximum absolute atomic E-state index is 12.8. The quantitative estimate of drug-likeness (QED) is 0.843. The minimum atomic E-state index is -0.571. The monoisotopic (exact) mass is 290 g/mol. The molecule has 0 aromatic rings. The lowest BCUT2D eigenvalue weighted by atomic mass is 9.82. The number of nitrogens with one attached hydrogen (secondary N) is 1. The van der Waals surface area contributed by atoms with Gasteiger partial charge in [-0.25, -0.2) is 0 Å². The second kappa shape index (κ2) is 6.42. The lowest BCUT2D eigenvalue weighted by molar-refractivity contribution is -0.161. The molecule has 1 N–H and O–H groups in total. The highest BCUT2D eigenvalue weighted by atomic mass is 35.5. The van der Waals surface area contributed by atoms with Crippen molar-refractivity contribution in [3.8, 4) is 0 Å². The first-order valence-electron chi connectivity index (χ1n) is 7.04. The number of carbonyl (C=O) groups excluding carboxylic acids is 1. The number of likely N-dealkylation sites (tertiary alicyclic amines) is 1. The Kier molecular flexibility index (Phi) is 5.65. The molecule has 0 aliphatic carbocycles. The molecule has 0 saturated carbocycles. The van der Waals surface area contributed by atoms with Gasteiger partial charge < -0.3 is 15.0 Å². The summed E-state index contributed by atoms with van der Waals surface area (Å²) in [4.78, 5) is 14.8. The molecule has 0 unspecified atom stereocenters. The lowest BCUT2D eigenvalue weighted by Gasteiger charge is -2.44. The molecule has 19 heavy (non-hydrogen) atoms. The largest absolute Gasteiger partial charge is 0.368 e. The van der Waals surface area contributed by atoms with E-state index in [4.69, 9.17) is 4.74 Å². The van der Waals surface area contributed by atoms with E-state index < -0.39 is 5.60 Å². The zero-order valence-electron chi connectivity index (χ0n) is 12.3. The molecule has 2 fully saturated rings. The van der Waals surface area contributed by atoms with E-state index in [2.05, 4.69) is 19.2 Å². The number of piperidine rings is 2. The Morgan fingerprint density at radius 3 is 2.37 bits per heavy atom. The lowest BCUT2D eigenvalue weighted by Crippen LogP contribution is -2.57. The molecule has 0 aromatic heterocycles. The van der Waals surface area contributed by atoms with Crippen molar-refractivity contribution in [3.63, 3.8) is 0 Å². The van der Waals surface area contributed by atoms with Crippen molar-refractivity contribution in [2.45, 2.75) is 45.1 Å². The third kappa shape index (κ3) is 3.61. The first-order chi connectivity index (χ1) is 8.49. The van der Waals surface area contributed by atoms with Crippen LogP contribution < -0.4 is 5.32 Å². The highest BCUT2D eigenvalue weighted by Gasteiger charge is 2.44. The molecule has 2 saturated heterocycles. The third-order valence-corrected chi connectivity index (χ3v) is 4.38. The molecule has 5 heteroatoms. The van der Waals surface area contributed by atoms with Gasteiger partial charge in [0.1, 0.15) is 5.60 Å². The van der Waals surface area contributed by atoms with Gasteiger partial charge >= 0.3 is 0 Å². The zero-order chi connectivity index (χ0) is 13.2. The van der Waals surface area contributed by atoms with Gasteiger partial charge in [0.05, 0.1) is 0 Å². The fourth-order valence-electron chi connectivity index (χ4n) is 3.22. The minimum Gasteiger partial charge on any atom is -0.368 e. The maximum atomic E-state index is 12.8. The molecule has 4 nitrogen and oxygen atoms in total. The van der Waals surface area contributed by atoms with Crippen LogP contribution in [-0.4, -0.2) is 49.7 Å². The van der Waals surface area contributed by atoms with Crippen molar-refractivity contribution in [1.29, 1.82) is 0 Å². The fourth-order valence-corrected chi connectivity index (χ4v) is 3.22. The van der Waals surface area contributed by atoms with Crippen molar-refractivity contribution >= 4 is 18.3 Å². The summed E-state index contributed by atoms with van der Waals surface area (Å²) in [5.41, 5.74) is -0.325. The van der Waals surface area contributed by atoms with Gasteiger partial charge in [-0.1, -0.05) is 13.8 Å². The molecule has 2 aliphatic rings. The van der Waals surface area contributed by atoms with Gasteiger partial charge in [-0.2, -0.15) is 0 Å². The number of methoxy groups -OCH3 is 1. The molecule has 2 heterocycles. The van der Waals surface area contributed by atoms with E-state index in [1.807, 2.05) is 4.90 Å². The fraction of sp³-hybridized carbons (Fsp3) is 0.929. The Bertz CT molecular complexity index is 315. The van der Waals surface area contributed by atoms with Crippen molar-refractivity contribution in [3.05, 3.63) is 0 Å². The summed E-state index contributed by atoms with van der Waals surface area (Å²) in [5.74, 6) is 0.208. The van der Waals surface area contributed by atoms with Gasteiger partial charge in [0.25, 0.3) is 5.91 Å². The van der Waals surface area contributed by atoms with Gasteiger partial charge in [-0.05, 0) is 44.2 Å². The van der Waals surface area contributed by atoms with E-state index >= 15 is 0 Å². The number of nitrogens with zero attached hydrogens (tertiary/aromatic N) is 1. The predicted molar refractivity (Wildman–Crippen MR) is 78.7 cm³/mol. The summed E-state index contributed by atoms with van der Waals surface area (Å²) >= 11 is 0. The third-order valence-electron chi connectivity index (χ3n) is 4.38. The van der Waals surface area contributed by atoms with Crippen LogP contribution in [0.5, 0.6) is 0 Å². The molecular formula is C14H27ClN2O2. The number of ether oxygens (including phenoxy) is 1. The molecule has 112 valence electrons. The van der Waals surface area contributed by atoms with Crippen molar-refractivity contribution in [2.24, 2.45) is 5.41 Å². The summed E-state index contributed by atoms with van der Waals surface area (Å²) in [7, 11) is 1.68. The highest BCUT2D eigenvalue weighted by Crippen LogP contribution is 2.32. The van der Waals surface area contributed by atoms with Crippen LogP contribution in [0.15, 0.2) is 0 Å². The summed E-state index contributed by atoms with van der Waals surface area (Å²) in [6.45, 7) is 7.99. The van der Waals surface area contributed by atoms with E-state index in [1.54, 1.807) is 7.11 Å². The molecule has 0 atom stereocenters. The Morgan fingerprint density at radius 2 is 1.84 bits per heavy atom. The first kappa shape index (κ1) is 16.7. The van der Waals surface area contributed by atoms with Crippen molar-refractivity contribution < 1.29 is 9.53 Å². The topological polar surface area (TPSA) is 41.6 Å². The van der Waals surface area contributed by atoms with Crippen LogP contribution in [0.25, 0.3) is 0 Å². The van der Waals surface area contributed by atoms with Gasteiger partial charge in [0.15, 0.2) is 0 Å². The molecule has 0 spiro atoms. The molecule has 2 aliphatic heterocycles. The van der Waals surface area contributed by atoms with Gasteiger partial charge in [0, 0.05) is 20.2 Å². The Balaban J connectivity index is 0.00000180. The average Bonchev–Trinajstić information content (AvgIpc) is 2.37. The number of hydrogen-bond donors (Lipinski definition) is 1. The zero-order valence-corrected chi connectivity index (χ0v) is 13.1. The van der Waals surface area contributed by atoms with Crippen LogP contribution in [0.3, 0.4) is 0 Å². The number of halogens is 1. The van der Waals surface area contributed by atoms with E-state index in [9.17, 15) is 4.79 Å². The van der Waals surface area contributed by atoms with E-state index in [0.717, 1.165) is 45.4 Å². The van der Waals surface area contributed by atoms with Crippen LogP contribution in [-0.2, 0) is 9.53 Å². The highest BCUT2D eigenvalue weighted by molar-refractivity contribution is 5.86. The molecule has 1 amide bonds. The van der Waals surface area contributed by atoms with Gasteiger partial charge in [-0.3, -0.25) is 4.79 Å². The van der Waals surface area contributed by atoms with E-state index in [1.165, 1.54) is 6.42 Å². The predicted octanol–water partition coefficient (Wildman–Crippen LogP) is 1.83. The van der Waals surface area contributed by atoms with Crippen molar-refractivity contribution in [1.82, 2.24) is 10.2 Å². The smallest absolute Gasteiger partial charge is 0.254 e. The van der Waals surface area contributed by atoms with Crippen LogP contribution in [0, 0.1) is 5.41 Å². The summed E-state index contributed by atoms with van der Waals surface area (Å²) < 4.78 is 5.63. The Morgan fingerprint density at radius 1 is 1.21 bits per heavy atom. The average molecular weight is 291 g/mol. The molecule has 0 bridgehead atoms. The Labute approximate surface area is 122 Å². The van der Waals surface area contributed by atoms with Crippen molar-refractivity contribution in [2.75, 3.05) is 33.3 Å². The van der Waals surface area contributed by atoms with E-state index in [-0.39, 0.29) is 23.7 Å². The van der Waals surface area contributed by atoms with Gasteiger partial charge in [0.2, 0.25) is 0 Å². The molecule has 0 radical (unpaired) electrons. The van der Waals surface area contributed by atoms with Crippen LogP contribution in [0.1, 0.15) is 39.5 Å². The van der Waals surface area contributed by atoms with Crippen LogP contribution in [0.2, 0.25) is 0 Å². The van der Waals surface area contributed by atoms with Crippen LogP contribution >= 0.6 is 12.4 Å². The number of carbonyl (C=O) groups is 1.